The average Bonchev–Trinajstić information content (AvgIpc) is 3.14. The average molecular weight is 574 g/mol. The third-order valence-corrected chi connectivity index (χ3v) is 5.64. The summed E-state index contributed by atoms with van der Waals surface area (Å²) in [6.07, 6.45) is -3.64. The number of halogens is 6. The molecule has 1 aliphatic heterocycles. The fourth-order valence-electron chi connectivity index (χ4n) is 3.38. The summed E-state index contributed by atoms with van der Waals surface area (Å²) in [5, 5.41) is 14.2. The van der Waals surface area contributed by atoms with Crippen molar-refractivity contribution in [2.45, 2.75) is 43.8 Å². The second-order valence-corrected chi connectivity index (χ2v) is 9.76. The lowest BCUT2D eigenvalue weighted by Crippen LogP contribution is -2.45. The first kappa shape index (κ1) is 32.8. The Morgan fingerprint density at radius 1 is 0.974 bits per heavy atom. The third-order valence-electron chi connectivity index (χ3n) is 4.91. The van der Waals surface area contributed by atoms with Crippen molar-refractivity contribution in [2.75, 3.05) is 12.8 Å². The molecule has 1 fully saturated rings. The molecule has 0 bridgehead atoms. The molecule has 3 rings (SSSR count). The molecule has 0 unspecified atom stereocenters. The second kappa shape index (κ2) is 14.1. The highest BCUT2D eigenvalue weighted by Gasteiger charge is 2.39. The van der Waals surface area contributed by atoms with E-state index in [1.807, 2.05) is 30.5 Å². The zero-order chi connectivity index (χ0) is 29.1. The standard InChI is InChI=1S/C18H23N3O2S.2C2HF3O2/c1-24(22,23)20-17-9-11-21(14-16-8-5-10-19-13-16)18(17)12-15-6-3-2-4-7-15;2*3-2(4,5)1(6)7/h2-8,10,13,17-18,20H,9,11-12,14H2,1H3;2*(H,6,7)/t17-,18+;;/m1../s1. The summed E-state index contributed by atoms with van der Waals surface area (Å²) >= 11 is 0. The number of sulfonamides is 1. The topological polar surface area (TPSA) is 137 Å². The fourth-order valence-corrected chi connectivity index (χ4v) is 4.20. The molecule has 2 heterocycles. The van der Waals surface area contributed by atoms with E-state index in [9.17, 15) is 34.8 Å². The maximum atomic E-state index is 11.7. The lowest BCUT2D eigenvalue weighted by Gasteiger charge is -2.28. The zero-order valence-corrected chi connectivity index (χ0v) is 20.6. The predicted octanol–water partition coefficient (Wildman–Crippen LogP) is 3.08. The first-order valence-electron chi connectivity index (χ1n) is 10.6. The number of aliphatic carboxylic acids is 2. The number of alkyl halides is 6. The van der Waals surface area contributed by atoms with Crippen LogP contribution in [0.1, 0.15) is 17.5 Å². The van der Waals surface area contributed by atoms with Crippen LogP contribution in [-0.2, 0) is 32.6 Å². The van der Waals surface area contributed by atoms with Crippen molar-refractivity contribution >= 4 is 22.0 Å². The smallest absolute Gasteiger partial charge is 0.475 e. The number of nitrogens with one attached hydrogen (secondary N) is 1. The minimum Gasteiger partial charge on any atom is -0.475 e. The SMILES string of the molecule is CS(=O)(=O)N[C@@H]1CCN(Cc2cccnc2)[C@H]1Cc1ccccc1.O=C(O)C(F)(F)F.O=C(O)C(F)(F)F. The molecule has 1 saturated heterocycles. The summed E-state index contributed by atoms with van der Waals surface area (Å²) in [5.74, 6) is -5.51. The van der Waals surface area contributed by atoms with Gasteiger partial charge in [-0.1, -0.05) is 36.4 Å². The molecular formula is C22H25F6N3O6S. The molecule has 2 atom stereocenters. The summed E-state index contributed by atoms with van der Waals surface area (Å²) in [7, 11) is -3.22. The van der Waals surface area contributed by atoms with E-state index < -0.39 is 34.3 Å². The van der Waals surface area contributed by atoms with Crippen molar-refractivity contribution in [1.29, 1.82) is 0 Å². The van der Waals surface area contributed by atoms with Crippen LogP contribution in [0.3, 0.4) is 0 Å². The van der Waals surface area contributed by atoms with Gasteiger partial charge in [-0.2, -0.15) is 26.3 Å². The Morgan fingerprint density at radius 2 is 1.47 bits per heavy atom. The van der Waals surface area contributed by atoms with Gasteiger partial charge in [-0.15, -0.1) is 0 Å². The Hall–Kier alpha value is -3.24. The Bertz CT molecular complexity index is 1110. The normalized spacial score (nSPS) is 18.0. The van der Waals surface area contributed by atoms with Crippen molar-refractivity contribution in [1.82, 2.24) is 14.6 Å². The van der Waals surface area contributed by atoms with Crippen LogP contribution in [0.4, 0.5) is 26.3 Å². The Labute approximate surface area is 214 Å². The number of carboxylic acids is 2. The molecular weight excluding hydrogens is 548 g/mol. The summed E-state index contributed by atoms with van der Waals surface area (Å²) in [6.45, 7) is 1.66. The van der Waals surface area contributed by atoms with Gasteiger partial charge in [-0.05, 0) is 30.0 Å². The molecule has 212 valence electrons. The van der Waals surface area contributed by atoms with Crippen LogP contribution < -0.4 is 4.72 Å². The number of likely N-dealkylation sites (tertiary alicyclic amines) is 1. The maximum absolute atomic E-state index is 11.7. The van der Waals surface area contributed by atoms with E-state index in [2.05, 4.69) is 32.8 Å². The van der Waals surface area contributed by atoms with Gasteiger partial charge >= 0.3 is 24.3 Å². The minimum atomic E-state index is -5.08. The van der Waals surface area contributed by atoms with Crippen molar-refractivity contribution in [3.8, 4) is 0 Å². The van der Waals surface area contributed by atoms with Gasteiger partial charge < -0.3 is 10.2 Å². The van der Waals surface area contributed by atoms with Crippen LogP contribution in [0, 0.1) is 0 Å². The van der Waals surface area contributed by atoms with Gasteiger partial charge in [0.25, 0.3) is 0 Å². The summed E-state index contributed by atoms with van der Waals surface area (Å²) < 4.78 is 89.7. The monoisotopic (exact) mass is 573 g/mol. The molecule has 0 amide bonds. The van der Waals surface area contributed by atoms with Gasteiger partial charge in [-0.25, -0.2) is 22.7 Å². The number of carbonyl (C=O) groups is 2. The Balaban J connectivity index is 0.000000426. The molecule has 2 aromatic rings. The van der Waals surface area contributed by atoms with Gasteiger partial charge in [0, 0.05) is 37.6 Å². The summed E-state index contributed by atoms with van der Waals surface area (Å²) in [5.41, 5.74) is 2.37. The molecule has 0 radical (unpaired) electrons. The Kier molecular flexibility index (Phi) is 12.1. The van der Waals surface area contributed by atoms with Crippen LogP contribution in [0.2, 0.25) is 0 Å². The first-order chi connectivity index (χ1) is 17.4. The number of pyridine rings is 1. The van der Waals surface area contributed by atoms with Crippen LogP contribution in [0.15, 0.2) is 54.9 Å². The van der Waals surface area contributed by atoms with E-state index >= 15 is 0 Å². The Morgan fingerprint density at radius 3 is 1.89 bits per heavy atom. The van der Waals surface area contributed by atoms with Gasteiger partial charge in [0.2, 0.25) is 10.0 Å². The van der Waals surface area contributed by atoms with E-state index in [0.717, 1.165) is 31.5 Å². The number of benzene rings is 1. The van der Waals surface area contributed by atoms with Crippen LogP contribution in [0.5, 0.6) is 0 Å². The number of rotatable bonds is 6. The fraction of sp³-hybridized carbons (Fsp3) is 0.409. The van der Waals surface area contributed by atoms with Crippen molar-refractivity contribution in [2.24, 2.45) is 0 Å². The number of nitrogens with zero attached hydrogens (tertiary/aromatic N) is 2. The van der Waals surface area contributed by atoms with E-state index in [1.165, 1.54) is 11.8 Å². The molecule has 3 N–H and O–H groups in total. The van der Waals surface area contributed by atoms with Gasteiger partial charge in [0.1, 0.15) is 0 Å². The molecule has 0 spiro atoms. The molecule has 1 aliphatic rings. The molecule has 0 saturated carbocycles. The van der Waals surface area contributed by atoms with Crippen LogP contribution >= 0.6 is 0 Å². The largest absolute Gasteiger partial charge is 0.490 e. The van der Waals surface area contributed by atoms with Gasteiger partial charge in [0.15, 0.2) is 0 Å². The number of carboxylic acid groups (broad SMARTS) is 2. The van der Waals surface area contributed by atoms with Crippen molar-refractivity contribution < 1.29 is 54.6 Å². The number of hydrogen-bond acceptors (Lipinski definition) is 6. The molecule has 1 aromatic carbocycles. The van der Waals surface area contributed by atoms with Crippen LogP contribution in [-0.4, -0.2) is 77.7 Å². The summed E-state index contributed by atoms with van der Waals surface area (Å²) in [4.78, 5) is 24.3. The number of hydrogen-bond donors (Lipinski definition) is 3. The van der Waals surface area contributed by atoms with Crippen molar-refractivity contribution in [3.05, 3.63) is 66.0 Å². The summed E-state index contributed by atoms with van der Waals surface area (Å²) in [6, 6.07) is 14.3. The second-order valence-electron chi connectivity index (χ2n) is 7.98. The molecule has 1 aromatic heterocycles. The van der Waals surface area contributed by atoms with E-state index in [4.69, 9.17) is 19.8 Å². The van der Waals surface area contributed by atoms with E-state index in [0.29, 0.717) is 0 Å². The maximum Gasteiger partial charge on any atom is 0.490 e. The highest BCUT2D eigenvalue weighted by molar-refractivity contribution is 7.88. The molecule has 38 heavy (non-hydrogen) atoms. The minimum absolute atomic E-state index is 0.0584. The quantitative estimate of drug-likeness (QED) is 0.449. The van der Waals surface area contributed by atoms with Gasteiger partial charge in [-0.3, -0.25) is 9.88 Å². The number of aromatic nitrogens is 1. The van der Waals surface area contributed by atoms with Gasteiger partial charge in [0.05, 0.1) is 6.26 Å². The lowest BCUT2D eigenvalue weighted by molar-refractivity contribution is -0.193. The third kappa shape index (κ3) is 12.8. The van der Waals surface area contributed by atoms with E-state index in [1.54, 1.807) is 6.20 Å². The first-order valence-corrected chi connectivity index (χ1v) is 12.5. The molecule has 16 heteroatoms. The molecule has 0 aliphatic carbocycles. The highest BCUT2D eigenvalue weighted by Crippen LogP contribution is 2.24. The predicted molar refractivity (Wildman–Crippen MR) is 122 cm³/mol. The zero-order valence-electron chi connectivity index (χ0n) is 19.8. The highest BCUT2D eigenvalue weighted by atomic mass is 32.2. The van der Waals surface area contributed by atoms with E-state index in [-0.39, 0.29) is 12.1 Å². The lowest BCUT2D eigenvalue weighted by atomic mass is 10.0. The van der Waals surface area contributed by atoms with Crippen molar-refractivity contribution in [3.63, 3.8) is 0 Å². The molecule has 9 nitrogen and oxygen atoms in total. The van der Waals surface area contributed by atoms with Crippen LogP contribution in [0.25, 0.3) is 0 Å².